The van der Waals surface area contributed by atoms with Crippen LogP contribution in [0.15, 0.2) is 42.5 Å². The van der Waals surface area contributed by atoms with E-state index in [1.54, 1.807) is 25.1 Å². The first-order valence-corrected chi connectivity index (χ1v) is 7.52. The molecule has 0 atom stereocenters. The molecule has 0 spiro atoms. The fourth-order valence-electron chi connectivity index (χ4n) is 2.63. The van der Waals surface area contributed by atoms with Gasteiger partial charge in [0.1, 0.15) is 11.5 Å². The molecule has 122 valence electrons. The molecule has 1 N–H and O–H groups in total. The minimum Gasteiger partial charge on any atom is -0.321 e. The minimum absolute atomic E-state index is 0.164. The number of hydrogen-bond donors (Lipinski definition) is 1. The predicted molar refractivity (Wildman–Crippen MR) is 89.9 cm³/mol. The number of aromatic nitrogens is 3. The molecular weight excluding hydrogens is 307 g/mol. The normalized spacial score (nSPS) is 10.7. The molecule has 0 fully saturated rings. The summed E-state index contributed by atoms with van der Waals surface area (Å²) in [6.07, 6.45) is 0. The maximum Gasteiger partial charge on any atom is 0.278 e. The van der Waals surface area contributed by atoms with Gasteiger partial charge in [0.2, 0.25) is 0 Å². The van der Waals surface area contributed by atoms with Crippen molar-refractivity contribution < 1.29 is 9.18 Å². The second kappa shape index (κ2) is 6.23. The van der Waals surface area contributed by atoms with Gasteiger partial charge in [0.25, 0.3) is 5.91 Å². The van der Waals surface area contributed by atoms with Crippen molar-refractivity contribution in [2.24, 2.45) is 0 Å². The van der Waals surface area contributed by atoms with Gasteiger partial charge < -0.3 is 5.32 Å². The van der Waals surface area contributed by atoms with E-state index < -0.39 is 5.82 Å². The summed E-state index contributed by atoms with van der Waals surface area (Å²) in [6.45, 7) is 5.60. The summed E-state index contributed by atoms with van der Waals surface area (Å²) >= 11 is 0. The molecule has 0 saturated carbocycles. The van der Waals surface area contributed by atoms with E-state index in [2.05, 4.69) is 15.6 Å². The van der Waals surface area contributed by atoms with Crippen LogP contribution in [0.4, 0.5) is 10.1 Å². The fraction of sp³-hybridized carbons (Fsp3) is 0.167. The lowest BCUT2D eigenvalue weighted by molar-refractivity contribution is 0.102. The van der Waals surface area contributed by atoms with Gasteiger partial charge >= 0.3 is 0 Å². The largest absolute Gasteiger partial charge is 0.321 e. The number of benzene rings is 2. The summed E-state index contributed by atoms with van der Waals surface area (Å²) in [6, 6.07) is 12.0. The van der Waals surface area contributed by atoms with Crippen molar-refractivity contribution in [3.8, 4) is 5.69 Å². The monoisotopic (exact) mass is 324 g/mol. The standard InChI is InChI=1S/C18H17FN4O/c1-11-8-12(2)10-14(9-11)20-18(24)17-13(3)23(22-21-17)16-7-5-4-6-15(16)19/h4-10H,1-3H3,(H,20,24). The maximum absolute atomic E-state index is 13.9. The average Bonchev–Trinajstić information content (AvgIpc) is 2.88. The van der Waals surface area contributed by atoms with Crippen molar-refractivity contribution in [3.05, 3.63) is 70.8 Å². The molecule has 0 bridgehead atoms. The third-order valence-corrected chi connectivity index (χ3v) is 3.67. The molecule has 1 aromatic heterocycles. The molecule has 3 rings (SSSR count). The smallest absolute Gasteiger partial charge is 0.278 e. The molecule has 0 aliphatic rings. The van der Waals surface area contributed by atoms with Crippen LogP contribution in [0.1, 0.15) is 27.3 Å². The Morgan fingerprint density at radius 1 is 1.08 bits per heavy atom. The van der Waals surface area contributed by atoms with E-state index in [9.17, 15) is 9.18 Å². The Morgan fingerprint density at radius 3 is 2.42 bits per heavy atom. The van der Waals surface area contributed by atoms with Gasteiger partial charge in [-0.3, -0.25) is 4.79 Å². The second-order valence-corrected chi connectivity index (χ2v) is 5.72. The van der Waals surface area contributed by atoms with Crippen LogP contribution in [0.25, 0.3) is 5.69 Å². The molecule has 3 aromatic rings. The van der Waals surface area contributed by atoms with Crippen LogP contribution in [0.2, 0.25) is 0 Å². The highest BCUT2D eigenvalue weighted by Gasteiger charge is 2.19. The topological polar surface area (TPSA) is 59.8 Å². The Bertz CT molecular complexity index is 897. The number of amides is 1. The molecule has 1 heterocycles. The lowest BCUT2D eigenvalue weighted by atomic mass is 10.1. The molecular formula is C18H17FN4O. The van der Waals surface area contributed by atoms with Crippen LogP contribution in [0, 0.1) is 26.6 Å². The molecule has 24 heavy (non-hydrogen) atoms. The summed E-state index contributed by atoms with van der Waals surface area (Å²) < 4.78 is 15.2. The van der Waals surface area contributed by atoms with E-state index in [0.29, 0.717) is 11.4 Å². The zero-order valence-electron chi connectivity index (χ0n) is 13.7. The lowest BCUT2D eigenvalue weighted by Crippen LogP contribution is -2.14. The Morgan fingerprint density at radius 2 is 1.75 bits per heavy atom. The number of carbonyl (C=O) groups is 1. The van der Waals surface area contributed by atoms with E-state index in [0.717, 1.165) is 11.1 Å². The molecule has 0 aliphatic carbocycles. The molecule has 6 heteroatoms. The van der Waals surface area contributed by atoms with Crippen molar-refractivity contribution in [1.29, 1.82) is 0 Å². The average molecular weight is 324 g/mol. The van der Waals surface area contributed by atoms with Crippen molar-refractivity contribution in [2.75, 3.05) is 5.32 Å². The van der Waals surface area contributed by atoms with Gasteiger partial charge in [-0.1, -0.05) is 23.4 Å². The third-order valence-electron chi connectivity index (χ3n) is 3.67. The molecule has 5 nitrogen and oxygen atoms in total. The second-order valence-electron chi connectivity index (χ2n) is 5.72. The number of anilines is 1. The Kier molecular flexibility index (Phi) is 4.12. The summed E-state index contributed by atoms with van der Waals surface area (Å²) in [5.41, 5.74) is 3.69. The first-order valence-electron chi connectivity index (χ1n) is 7.52. The van der Waals surface area contributed by atoms with Gasteiger partial charge in [-0.25, -0.2) is 9.07 Å². The summed E-state index contributed by atoms with van der Waals surface area (Å²) in [4.78, 5) is 12.5. The number of aryl methyl sites for hydroxylation is 2. The van der Waals surface area contributed by atoms with Gasteiger partial charge in [0, 0.05) is 5.69 Å². The Hall–Kier alpha value is -3.02. The van der Waals surface area contributed by atoms with Crippen LogP contribution >= 0.6 is 0 Å². The molecule has 1 amide bonds. The van der Waals surface area contributed by atoms with Gasteiger partial charge in [0.15, 0.2) is 5.69 Å². The quantitative estimate of drug-likeness (QED) is 0.801. The molecule has 2 aromatic carbocycles. The first kappa shape index (κ1) is 15.9. The number of carbonyl (C=O) groups excluding carboxylic acids is 1. The highest BCUT2D eigenvalue weighted by molar-refractivity contribution is 6.03. The summed E-state index contributed by atoms with van der Waals surface area (Å²) in [5, 5.41) is 10.6. The van der Waals surface area contributed by atoms with Crippen LogP contribution < -0.4 is 5.32 Å². The summed E-state index contributed by atoms with van der Waals surface area (Å²) in [5.74, 6) is -0.799. The predicted octanol–water partition coefficient (Wildman–Crippen LogP) is 3.58. The van der Waals surface area contributed by atoms with E-state index in [4.69, 9.17) is 0 Å². The maximum atomic E-state index is 13.9. The van der Waals surface area contributed by atoms with E-state index in [1.807, 2.05) is 32.0 Å². The lowest BCUT2D eigenvalue weighted by Gasteiger charge is -2.07. The van der Waals surface area contributed by atoms with Gasteiger partial charge in [-0.15, -0.1) is 5.10 Å². The van der Waals surface area contributed by atoms with E-state index in [1.165, 1.54) is 10.7 Å². The number of nitrogens with one attached hydrogen (secondary N) is 1. The Labute approximate surface area is 139 Å². The SMILES string of the molecule is Cc1cc(C)cc(NC(=O)c2nnn(-c3ccccc3F)c2C)c1. The zero-order chi connectivity index (χ0) is 17.3. The number of rotatable bonds is 3. The van der Waals surface area contributed by atoms with E-state index >= 15 is 0 Å². The number of nitrogens with zero attached hydrogens (tertiary/aromatic N) is 3. The van der Waals surface area contributed by atoms with Crippen molar-refractivity contribution in [2.45, 2.75) is 20.8 Å². The molecule has 0 aliphatic heterocycles. The third kappa shape index (κ3) is 3.03. The summed E-state index contributed by atoms with van der Waals surface area (Å²) in [7, 11) is 0. The first-order chi connectivity index (χ1) is 11.5. The van der Waals surface area contributed by atoms with Gasteiger partial charge in [0.05, 0.1) is 5.69 Å². The molecule has 0 radical (unpaired) electrons. The number of halogens is 1. The van der Waals surface area contributed by atoms with Crippen LogP contribution in [-0.4, -0.2) is 20.9 Å². The van der Waals surface area contributed by atoms with Crippen LogP contribution in [-0.2, 0) is 0 Å². The van der Waals surface area contributed by atoms with E-state index in [-0.39, 0.29) is 17.3 Å². The number of hydrogen-bond acceptors (Lipinski definition) is 3. The zero-order valence-corrected chi connectivity index (χ0v) is 13.7. The van der Waals surface area contributed by atoms with Crippen molar-refractivity contribution in [1.82, 2.24) is 15.0 Å². The van der Waals surface area contributed by atoms with Gasteiger partial charge in [-0.2, -0.15) is 0 Å². The molecule has 0 saturated heterocycles. The fourth-order valence-corrected chi connectivity index (χ4v) is 2.63. The van der Waals surface area contributed by atoms with Crippen molar-refractivity contribution >= 4 is 11.6 Å². The highest BCUT2D eigenvalue weighted by atomic mass is 19.1. The number of para-hydroxylation sites is 1. The Balaban J connectivity index is 1.90. The molecule has 0 unspecified atom stereocenters. The highest BCUT2D eigenvalue weighted by Crippen LogP contribution is 2.18. The van der Waals surface area contributed by atoms with Crippen LogP contribution in [0.3, 0.4) is 0 Å². The minimum atomic E-state index is -0.424. The van der Waals surface area contributed by atoms with Gasteiger partial charge in [-0.05, 0) is 56.2 Å². The van der Waals surface area contributed by atoms with Crippen molar-refractivity contribution in [3.63, 3.8) is 0 Å². The van der Waals surface area contributed by atoms with Crippen LogP contribution in [0.5, 0.6) is 0 Å².